The molecule has 2 rings (SSSR count). The SMILES string of the molecule is CC(=O)c1ccc(C)n(CCCOc2ccc(C)cc2)c1=O. The molecule has 0 aliphatic heterocycles. The monoisotopic (exact) mass is 299 g/mol. The first kappa shape index (κ1) is 16.0. The van der Waals surface area contributed by atoms with Crippen LogP contribution >= 0.6 is 0 Å². The third-order valence-electron chi connectivity index (χ3n) is 3.59. The first-order valence-electron chi connectivity index (χ1n) is 7.40. The quantitative estimate of drug-likeness (QED) is 0.608. The first-order valence-corrected chi connectivity index (χ1v) is 7.40. The number of pyridine rings is 1. The third-order valence-corrected chi connectivity index (χ3v) is 3.59. The van der Waals surface area contributed by atoms with Gasteiger partial charge < -0.3 is 9.30 Å². The fourth-order valence-electron chi connectivity index (χ4n) is 2.26. The second kappa shape index (κ2) is 7.07. The van der Waals surface area contributed by atoms with Crippen LogP contribution in [0, 0.1) is 13.8 Å². The predicted molar refractivity (Wildman–Crippen MR) is 86.7 cm³/mol. The van der Waals surface area contributed by atoms with Gasteiger partial charge >= 0.3 is 0 Å². The number of rotatable bonds is 6. The molecule has 0 atom stereocenters. The molecular weight excluding hydrogens is 278 g/mol. The molecule has 4 nitrogen and oxygen atoms in total. The molecule has 22 heavy (non-hydrogen) atoms. The van der Waals surface area contributed by atoms with Crippen LogP contribution < -0.4 is 10.3 Å². The minimum atomic E-state index is -0.220. The molecule has 0 amide bonds. The Morgan fingerprint density at radius 2 is 1.77 bits per heavy atom. The Labute approximate surface area is 130 Å². The molecule has 4 heteroatoms. The van der Waals surface area contributed by atoms with E-state index >= 15 is 0 Å². The highest BCUT2D eigenvalue weighted by Crippen LogP contribution is 2.11. The van der Waals surface area contributed by atoms with E-state index in [2.05, 4.69) is 0 Å². The lowest BCUT2D eigenvalue weighted by molar-refractivity contribution is 0.101. The number of aryl methyl sites for hydroxylation is 2. The van der Waals surface area contributed by atoms with Crippen LogP contribution in [0.4, 0.5) is 0 Å². The summed E-state index contributed by atoms with van der Waals surface area (Å²) in [7, 11) is 0. The highest BCUT2D eigenvalue weighted by atomic mass is 16.5. The Morgan fingerprint density at radius 3 is 2.41 bits per heavy atom. The summed E-state index contributed by atoms with van der Waals surface area (Å²) < 4.78 is 7.29. The highest BCUT2D eigenvalue weighted by molar-refractivity contribution is 5.93. The van der Waals surface area contributed by atoms with Gasteiger partial charge in [0, 0.05) is 12.2 Å². The van der Waals surface area contributed by atoms with Crippen LogP contribution in [0.15, 0.2) is 41.2 Å². The maximum atomic E-state index is 12.2. The third kappa shape index (κ3) is 3.85. The Kier molecular flexibility index (Phi) is 5.15. The highest BCUT2D eigenvalue weighted by Gasteiger charge is 2.09. The smallest absolute Gasteiger partial charge is 0.261 e. The zero-order valence-corrected chi connectivity index (χ0v) is 13.3. The molecule has 0 bridgehead atoms. The van der Waals surface area contributed by atoms with Gasteiger partial charge in [-0.05, 0) is 51.5 Å². The molecule has 1 heterocycles. The minimum absolute atomic E-state index is 0.199. The van der Waals surface area contributed by atoms with Crippen molar-refractivity contribution in [2.75, 3.05) is 6.61 Å². The van der Waals surface area contributed by atoms with Crippen LogP contribution in [0.5, 0.6) is 5.75 Å². The van der Waals surface area contributed by atoms with Gasteiger partial charge in [0.2, 0.25) is 0 Å². The number of hydrogen-bond donors (Lipinski definition) is 0. The van der Waals surface area contributed by atoms with Crippen molar-refractivity contribution < 1.29 is 9.53 Å². The van der Waals surface area contributed by atoms with Crippen molar-refractivity contribution in [3.63, 3.8) is 0 Å². The number of hydrogen-bond acceptors (Lipinski definition) is 3. The molecule has 0 unspecified atom stereocenters. The van der Waals surface area contributed by atoms with Gasteiger partial charge in [0.25, 0.3) is 5.56 Å². The predicted octanol–water partition coefficient (Wildman–Crippen LogP) is 3.14. The normalized spacial score (nSPS) is 10.5. The summed E-state index contributed by atoms with van der Waals surface area (Å²) in [5, 5.41) is 0. The van der Waals surface area contributed by atoms with Crippen LogP contribution in [-0.4, -0.2) is 17.0 Å². The van der Waals surface area contributed by atoms with Gasteiger partial charge in [-0.1, -0.05) is 17.7 Å². The van der Waals surface area contributed by atoms with Crippen LogP contribution in [0.3, 0.4) is 0 Å². The summed E-state index contributed by atoms with van der Waals surface area (Å²) in [6, 6.07) is 11.3. The molecule has 0 saturated heterocycles. The lowest BCUT2D eigenvalue weighted by Crippen LogP contribution is -2.27. The molecule has 0 aliphatic carbocycles. The van der Waals surface area contributed by atoms with Crippen molar-refractivity contribution in [1.82, 2.24) is 4.57 Å². The molecule has 0 saturated carbocycles. The van der Waals surface area contributed by atoms with E-state index in [9.17, 15) is 9.59 Å². The van der Waals surface area contributed by atoms with Crippen LogP contribution in [0.1, 0.15) is 35.0 Å². The Balaban J connectivity index is 1.97. The number of aromatic nitrogens is 1. The van der Waals surface area contributed by atoms with Gasteiger partial charge in [0.15, 0.2) is 5.78 Å². The average molecular weight is 299 g/mol. The summed E-state index contributed by atoms with van der Waals surface area (Å²) in [5.41, 5.74) is 2.06. The van der Waals surface area contributed by atoms with Crippen molar-refractivity contribution in [1.29, 1.82) is 0 Å². The topological polar surface area (TPSA) is 48.3 Å². The van der Waals surface area contributed by atoms with E-state index in [0.29, 0.717) is 19.6 Å². The molecule has 0 fully saturated rings. The van der Waals surface area contributed by atoms with Crippen LogP contribution in [0.25, 0.3) is 0 Å². The number of ketones is 1. The van der Waals surface area contributed by atoms with E-state index in [1.54, 1.807) is 16.7 Å². The second-order valence-corrected chi connectivity index (χ2v) is 5.42. The van der Waals surface area contributed by atoms with E-state index in [-0.39, 0.29) is 16.9 Å². The van der Waals surface area contributed by atoms with Crippen LogP contribution in [-0.2, 0) is 6.54 Å². The van der Waals surface area contributed by atoms with E-state index in [0.717, 1.165) is 11.4 Å². The van der Waals surface area contributed by atoms with E-state index in [1.807, 2.05) is 38.1 Å². The van der Waals surface area contributed by atoms with Crippen molar-refractivity contribution in [3.05, 3.63) is 63.6 Å². The molecular formula is C18H21NO3. The molecule has 1 aromatic carbocycles. The van der Waals surface area contributed by atoms with Gasteiger partial charge in [-0.2, -0.15) is 0 Å². The Morgan fingerprint density at radius 1 is 1.09 bits per heavy atom. The Bertz CT molecular complexity index is 714. The lowest BCUT2D eigenvalue weighted by Gasteiger charge is -2.12. The van der Waals surface area contributed by atoms with Crippen molar-refractivity contribution in [2.24, 2.45) is 0 Å². The van der Waals surface area contributed by atoms with Crippen molar-refractivity contribution >= 4 is 5.78 Å². The van der Waals surface area contributed by atoms with Gasteiger partial charge in [-0.3, -0.25) is 9.59 Å². The zero-order chi connectivity index (χ0) is 16.1. The number of Topliss-reactive ketones (excluding diaryl/α,β-unsaturated/α-hetero) is 1. The summed E-state index contributed by atoms with van der Waals surface area (Å²) in [4.78, 5) is 23.7. The van der Waals surface area contributed by atoms with E-state index in [1.165, 1.54) is 12.5 Å². The molecule has 0 spiro atoms. The second-order valence-electron chi connectivity index (χ2n) is 5.42. The standard InChI is InChI=1S/C18H21NO3/c1-13-5-8-16(9-6-13)22-12-4-11-19-14(2)7-10-17(15(3)20)18(19)21/h5-10H,4,11-12H2,1-3H3. The fraction of sp³-hybridized carbons (Fsp3) is 0.333. The number of ether oxygens (including phenoxy) is 1. The molecule has 0 N–H and O–H groups in total. The summed E-state index contributed by atoms with van der Waals surface area (Å²) >= 11 is 0. The van der Waals surface area contributed by atoms with Gasteiger partial charge in [-0.15, -0.1) is 0 Å². The summed E-state index contributed by atoms with van der Waals surface area (Å²) in [6.45, 7) is 6.38. The van der Waals surface area contributed by atoms with Crippen molar-refractivity contribution in [3.8, 4) is 5.75 Å². The maximum Gasteiger partial charge on any atom is 0.261 e. The molecule has 1 aromatic heterocycles. The van der Waals surface area contributed by atoms with E-state index < -0.39 is 0 Å². The van der Waals surface area contributed by atoms with Gasteiger partial charge in [0.05, 0.1) is 12.2 Å². The largest absolute Gasteiger partial charge is 0.494 e. The fourth-order valence-corrected chi connectivity index (χ4v) is 2.26. The average Bonchev–Trinajstić information content (AvgIpc) is 2.47. The van der Waals surface area contributed by atoms with Crippen molar-refractivity contribution in [2.45, 2.75) is 33.7 Å². The minimum Gasteiger partial charge on any atom is -0.494 e. The number of nitrogens with zero attached hydrogens (tertiary/aromatic N) is 1. The number of carbonyl (C=O) groups excluding carboxylic acids is 1. The summed E-state index contributed by atoms with van der Waals surface area (Å²) in [6.07, 6.45) is 0.704. The van der Waals surface area contributed by atoms with Gasteiger partial charge in [0.1, 0.15) is 5.75 Å². The maximum absolute atomic E-state index is 12.2. The lowest BCUT2D eigenvalue weighted by atomic mass is 10.2. The number of carbonyl (C=O) groups is 1. The van der Waals surface area contributed by atoms with E-state index in [4.69, 9.17) is 4.74 Å². The molecule has 0 aliphatic rings. The number of benzene rings is 1. The van der Waals surface area contributed by atoms with Gasteiger partial charge in [-0.25, -0.2) is 0 Å². The van der Waals surface area contributed by atoms with Crippen LogP contribution in [0.2, 0.25) is 0 Å². The molecule has 116 valence electrons. The zero-order valence-electron chi connectivity index (χ0n) is 13.3. The molecule has 2 aromatic rings. The Hall–Kier alpha value is -2.36. The summed E-state index contributed by atoms with van der Waals surface area (Å²) in [5.74, 6) is 0.627. The molecule has 0 radical (unpaired) electrons. The first-order chi connectivity index (χ1) is 10.5.